The van der Waals surface area contributed by atoms with Gasteiger partial charge in [-0.15, -0.1) is 0 Å². The predicted octanol–water partition coefficient (Wildman–Crippen LogP) is 3.74. The summed E-state index contributed by atoms with van der Waals surface area (Å²) in [7, 11) is 0. The molecular weight excluding hydrogens is 342 g/mol. The zero-order valence-corrected chi connectivity index (χ0v) is 16.1. The average Bonchev–Trinajstić information content (AvgIpc) is 3.29. The summed E-state index contributed by atoms with van der Waals surface area (Å²) in [5, 5.41) is 6.56. The maximum Gasteiger partial charge on any atom is 0.248 e. The van der Waals surface area contributed by atoms with Crippen LogP contribution in [0.1, 0.15) is 50.4 Å². The number of aromatic nitrogens is 1. The summed E-state index contributed by atoms with van der Waals surface area (Å²) in [5.74, 6) is 1.33. The quantitative estimate of drug-likeness (QED) is 0.841. The third-order valence-electron chi connectivity index (χ3n) is 5.18. The molecule has 1 aliphatic heterocycles. The van der Waals surface area contributed by atoms with Crippen molar-refractivity contribution in [3.8, 4) is 0 Å². The smallest absolute Gasteiger partial charge is 0.248 e. The van der Waals surface area contributed by atoms with Gasteiger partial charge in [-0.05, 0) is 37.2 Å². The lowest BCUT2D eigenvalue weighted by atomic mass is 9.85. The number of carbonyl (C=O) groups excluding carboxylic acids is 2. The standard InChI is InChI=1S/C21H27N3O3/c1-14(2)17(16-8-5-4-6-9-16)13-20(25)24-11-7-10-18(24)21(26)22-19-12-15(3)27-23-19/h4-6,8-9,12,14,17-18H,7,10-11,13H2,1-3H3,(H,22,23,26)/t17?,18-/m0/s1. The number of carbonyl (C=O) groups is 2. The normalized spacial score (nSPS) is 17.9. The van der Waals surface area contributed by atoms with E-state index in [1.165, 1.54) is 5.56 Å². The molecular formula is C21H27N3O3. The van der Waals surface area contributed by atoms with Crippen LogP contribution in [0.5, 0.6) is 0 Å². The van der Waals surface area contributed by atoms with Gasteiger partial charge in [0.05, 0.1) is 0 Å². The minimum Gasteiger partial charge on any atom is -0.360 e. The van der Waals surface area contributed by atoms with Crippen molar-refractivity contribution in [3.63, 3.8) is 0 Å². The second kappa shape index (κ2) is 8.37. The Balaban J connectivity index is 1.68. The molecule has 0 saturated carbocycles. The first-order valence-electron chi connectivity index (χ1n) is 9.54. The fraction of sp³-hybridized carbons (Fsp3) is 0.476. The van der Waals surface area contributed by atoms with Crippen molar-refractivity contribution >= 4 is 17.6 Å². The second-order valence-corrected chi connectivity index (χ2v) is 7.52. The van der Waals surface area contributed by atoms with Crippen LogP contribution in [0.4, 0.5) is 5.82 Å². The Kier molecular flexibility index (Phi) is 5.94. The molecule has 1 aromatic carbocycles. The van der Waals surface area contributed by atoms with Gasteiger partial charge in [-0.1, -0.05) is 49.3 Å². The Morgan fingerprint density at radius 2 is 2.04 bits per heavy atom. The molecule has 0 aliphatic carbocycles. The molecule has 6 nitrogen and oxygen atoms in total. The van der Waals surface area contributed by atoms with E-state index in [2.05, 4.69) is 36.5 Å². The van der Waals surface area contributed by atoms with Crippen LogP contribution in [-0.2, 0) is 9.59 Å². The topological polar surface area (TPSA) is 75.4 Å². The van der Waals surface area contributed by atoms with Crippen LogP contribution in [0.25, 0.3) is 0 Å². The van der Waals surface area contributed by atoms with Crippen molar-refractivity contribution in [1.29, 1.82) is 0 Å². The zero-order chi connectivity index (χ0) is 19.4. The Bertz CT molecular complexity index is 785. The maximum atomic E-state index is 13.0. The number of amides is 2. The van der Waals surface area contributed by atoms with Gasteiger partial charge in [0.15, 0.2) is 5.82 Å². The molecule has 6 heteroatoms. The molecule has 0 radical (unpaired) electrons. The van der Waals surface area contributed by atoms with Crippen LogP contribution in [0.15, 0.2) is 40.9 Å². The highest BCUT2D eigenvalue weighted by molar-refractivity contribution is 5.97. The summed E-state index contributed by atoms with van der Waals surface area (Å²) in [6.45, 7) is 6.65. The van der Waals surface area contributed by atoms with E-state index >= 15 is 0 Å². The predicted molar refractivity (Wildman–Crippen MR) is 103 cm³/mol. The summed E-state index contributed by atoms with van der Waals surface area (Å²) in [6, 6.07) is 11.3. The average molecular weight is 369 g/mol. The molecule has 144 valence electrons. The fourth-order valence-electron chi connectivity index (χ4n) is 3.72. The van der Waals surface area contributed by atoms with E-state index in [0.717, 1.165) is 6.42 Å². The monoisotopic (exact) mass is 369 g/mol. The van der Waals surface area contributed by atoms with E-state index in [1.54, 1.807) is 17.9 Å². The van der Waals surface area contributed by atoms with E-state index in [9.17, 15) is 9.59 Å². The van der Waals surface area contributed by atoms with Crippen LogP contribution >= 0.6 is 0 Å². The number of likely N-dealkylation sites (tertiary alicyclic amines) is 1. The first kappa shape index (κ1) is 19.1. The maximum absolute atomic E-state index is 13.0. The molecule has 2 amide bonds. The van der Waals surface area contributed by atoms with Crippen LogP contribution in [0.3, 0.4) is 0 Å². The van der Waals surface area contributed by atoms with Crippen molar-refractivity contribution in [2.75, 3.05) is 11.9 Å². The second-order valence-electron chi connectivity index (χ2n) is 7.52. The van der Waals surface area contributed by atoms with Gasteiger partial charge in [0, 0.05) is 19.0 Å². The SMILES string of the molecule is Cc1cc(NC(=O)[C@@H]2CCCN2C(=O)CC(c2ccccc2)C(C)C)no1. The van der Waals surface area contributed by atoms with E-state index in [-0.39, 0.29) is 17.7 Å². The Morgan fingerprint density at radius 1 is 1.30 bits per heavy atom. The first-order chi connectivity index (χ1) is 13.0. The molecule has 2 heterocycles. The van der Waals surface area contributed by atoms with Gasteiger partial charge in [-0.3, -0.25) is 9.59 Å². The highest BCUT2D eigenvalue weighted by atomic mass is 16.5. The Labute approximate surface area is 159 Å². The zero-order valence-electron chi connectivity index (χ0n) is 16.1. The molecule has 1 unspecified atom stereocenters. The van der Waals surface area contributed by atoms with Crippen LogP contribution in [0.2, 0.25) is 0 Å². The van der Waals surface area contributed by atoms with Gasteiger partial charge in [-0.2, -0.15) is 0 Å². The Morgan fingerprint density at radius 3 is 2.67 bits per heavy atom. The molecule has 3 rings (SSSR count). The number of nitrogens with zero attached hydrogens (tertiary/aromatic N) is 2. The minimum absolute atomic E-state index is 0.0338. The summed E-state index contributed by atoms with van der Waals surface area (Å²) >= 11 is 0. The van der Waals surface area contributed by atoms with E-state index < -0.39 is 6.04 Å². The third kappa shape index (κ3) is 4.56. The van der Waals surface area contributed by atoms with Crippen LogP contribution < -0.4 is 5.32 Å². The van der Waals surface area contributed by atoms with Crippen LogP contribution in [-0.4, -0.2) is 34.5 Å². The number of aryl methyl sites for hydroxylation is 1. The molecule has 27 heavy (non-hydrogen) atoms. The van der Waals surface area contributed by atoms with Crippen LogP contribution in [0, 0.1) is 12.8 Å². The van der Waals surface area contributed by atoms with Gasteiger partial charge < -0.3 is 14.7 Å². The van der Waals surface area contributed by atoms with Crippen molar-refractivity contribution in [1.82, 2.24) is 10.1 Å². The van der Waals surface area contributed by atoms with Gasteiger partial charge in [-0.25, -0.2) is 0 Å². The number of hydrogen-bond acceptors (Lipinski definition) is 4. The highest BCUT2D eigenvalue weighted by Gasteiger charge is 2.35. The lowest BCUT2D eigenvalue weighted by Gasteiger charge is -2.27. The summed E-state index contributed by atoms with van der Waals surface area (Å²) < 4.78 is 4.99. The largest absolute Gasteiger partial charge is 0.360 e. The third-order valence-corrected chi connectivity index (χ3v) is 5.18. The number of hydrogen-bond donors (Lipinski definition) is 1. The van der Waals surface area contributed by atoms with Crippen molar-refractivity contribution in [2.24, 2.45) is 5.92 Å². The molecule has 1 fully saturated rings. The molecule has 0 spiro atoms. The van der Waals surface area contributed by atoms with Gasteiger partial charge in [0.1, 0.15) is 11.8 Å². The van der Waals surface area contributed by atoms with Crippen molar-refractivity contribution in [2.45, 2.75) is 52.0 Å². The first-order valence-corrected chi connectivity index (χ1v) is 9.54. The molecule has 2 aromatic rings. The minimum atomic E-state index is -0.446. The van der Waals surface area contributed by atoms with Gasteiger partial charge in [0.2, 0.25) is 11.8 Å². The van der Waals surface area contributed by atoms with Crippen molar-refractivity contribution < 1.29 is 14.1 Å². The summed E-state index contributed by atoms with van der Waals surface area (Å²) in [6.07, 6.45) is 1.92. The molecule has 0 bridgehead atoms. The van der Waals surface area contributed by atoms with Gasteiger partial charge in [0.25, 0.3) is 0 Å². The Hall–Kier alpha value is -2.63. The summed E-state index contributed by atoms with van der Waals surface area (Å²) in [5.41, 5.74) is 1.17. The lowest BCUT2D eigenvalue weighted by Crippen LogP contribution is -2.43. The molecule has 1 aliphatic rings. The molecule has 1 N–H and O–H groups in total. The number of rotatable bonds is 6. The number of anilines is 1. The number of nitrogens with one attached hydrogen (secondary N) is 1. The van der Waals surface area contributed by atoms with E-state index in [4.69, 9.17) is 4.52 Å². The molecule has 2 atom stereocenters. The van der Waals surface area contributed by atoms with Gasteiger partial charge >= 0.3 is 0 Å². The van der Waals surface area contributed by atoms with E-state index in [1.807, 2.05) is 18.2 Å². The summed E-state index contributed by atoms with van der Waals surface area (Å²) in [4.78, 5) is 27.4. The lowest BCUT2D eigenvalue weighted by molar-refractivity contribution is -0.137. The molecule has 1 aromatic heterocycles. The number of benzene rings is 1. The van der Waals surface area contributed by atoms with Crippen molar-refractivity contribution in [3.05, 3.63) is 47.7 Å². The van der Waals surface area contributed by atoms with E-state index in [0.29, 0.717) is 36.9 Å². The highest BCUT2D eigenvalue weighted by Crippen LogP contribution is 2.30. The fourth-order valence-corrected chi connectivity index (χ4v) is 3.72. The molecule has 1 saturated heterocycles.